The molecule has 1 fully saturated rings. The molecule has 0 aliphatic carbocycles. The number of hydrogen-bond acceptors (Lipinski definition) is 2. The van der Waals surface area contributed by atoms with Crippen LogP contribution in [0.5, 0.6) is 0 Å². The molecule has 21 heavy (non-hydrogen) atoms. The first kappa shape index (κ1) is 14.4. The Balaban J connectivity index is 1.89. The number of halogens is 1. The zero-order valence-electron chi connectivity index (χ0n) is 12.5. The van der Waals surface area contributed by atoms with E-state index in [2.05, 4.69) is 66.5 Å². The van der Waals surface area contributed by atoms with Gasteiger partial charge in [-0.1, -0.05) is 48.0 Å². The fraction of sp³-hybridized carbons (Fsp3) is 0.333. The second kappa shape index (κ2) is 6.08. The lowest BCUT2D eigenvalue weighted by Gasteiger charge is -2.41. The lowest BCUT2D eigenvalue weighted by atomic mass is 10.0. The highest BCUT2D eigenvalue weighted by molar-refractivity contribution is 6.33. The highest BCUT2D eigenvalue weighted by Crippen LogP contribution is 2.32. The molecule has 3 heteroatoms. The van der Waals surface area contributed by atoms with Crippen molar-refractivity contribution in [3.63, 3.8) is 0 Å². The first-order valence-corrected chi connectivity index (χ1v) is 7.84. The predicted octanol–water partition coefficient (Wildman–Crippen LogP) is 4.19. The van der Waals surface area contributed by atoms with Gasteiger partial charge in [0.05, 0.1) is 10.7 Å². The average molecular weight is 301 g/mol. The van der Waals surface area contributed by atoms with Gasteiger partial charge >= 0.3 is 0 Å². The molecule has 2 aromatic rings. The molecule has 110 valence electrons. The van der Waals surface area contributed by atoms with Crippen molar-refractivity contribution in [1.29, 1.82) is 0 Å². The van der Waals surface area contributed by atoms with Crippen LogP contribution in [0.15, 0.2) is 48.5 Å². The summed E-state index contributed by atoms with van der Waals surface area (Å²) < 4.78 is 0. The number of piperazine rings is 1. The summed E-state index contributed by atoms with van der Waals surface area (Å²) in [6.45, 7) is 6.26. The highest BCUT2D eigenvalue weighted by atomic mass is 35.5. The summed E-state index contributed by atoms with van der Waals surface area (Å²) in [6, 6.07) is 17.6. The van der Waals surface area contributed by atoms with Crippen molar-refractivity contribution < 1.29 is 0 Å². The summed E-state index contributed by atoms with van der Waals surface area (Å²) in [5, 5.41) is 4.47. The van der Waals surface area contributed by atoms with Gasteiger partial charge in [0, 0.05) is 25.2 Å². The molecule has 0 bridgehead atoms. The Morgan fingerprint density at radius 2 is 1.90 bits per heavy atom. The van der Waals surface area contributed by atoms with Crippen molar-refractivity contribution in [2.45, 2.75) is 25.9 Å². The predicted molar refractivity (Wildman–Crippen MR) is 90.2 cm³/mol. The maximum atomic E-state index is 6.43. The van der Waals surface area contributed by atoms with E-state index in [1.165, 1.54) is 11.1 Å². The Morgan fingerprint density at radius 1 is 1.14 bits per heavy atom. The molecule has 2 atom stereocenters. The second-order valence-electron chi connectivity index (χ2n) is 5.83. The van der Waals surface area contributed by atoms with Crippen molar-refractivity contribution >= 4 is 17.3 Å². The van der Waals surface area contributed by atoms with Crippen LogP contribution in [0.3, 0.4) is 0 Å². The van der Waals surface area contributed by atoms with Crippen molar-refractivity contribution in [3.8, 4) is 0 Å². The van der Waals surface area contributed by atoms with Gasteiger partial charge in [-0.25, -0.2) is 0 Å². The van der Waals surface area contributed by atoms with Crippen LogP contribution in [-0.2, 0) is 0 Å². The van der Waals surface area contributed by atoms with E-state index in [1.807, 2.05) is 6.07 Å². The molecule has 0 aromatic heterocycles. The van der Waals surface area contributed by atoms with Crippen LogP contribution >= 0.6 is 11.6 Å². The number of nitrogens with zero attached hydrogens (tertiary/aromatic N) is 1. The normalized spacial score (nSPS) is 22.3. The van der Waals surface area contributed by atoms with Gasteiger partial charge in [-0.2, -0.15) is 0 Å². The Kier molecular flexibility index (Phi) is 4.18. The second-order valence-corrected chi connectivity index (χ2v) is 6.23. The minimum absolute atomic E-state index is 0.346. The number of hydrogen-bond donors (Lipinski definition) is 1. The van der Waals surface area contributed by atoms with Crippen molar-refractivity contribution in [2.75, 3.05) is 18.0 Å². The van der Waals surface area contributed by atoms with Crippen LogP contribution in [-0.4, -0.2) is 19.1 Å². The lowest BCUT2D eigenvalue weighted by molar-refractivity contribution is 0.414. The van der Waals surface area contributed by atoms with Crippen molar-refractivity contribution in [3.05, 3.63) is 64.7 Å². The Morgan fingerprint density at radius 3 is 2.67 bits per heavy atom. The summed E-state index contributed by atoms with van der Waals surface area (Å²) in [6.07, 6.45) is 0. The third kappa shape index (κ3) is 3.07. The summed E-state index contributed by atoms with van der Waals surface area (Å²) >= 11 is 6.43. The van der Waals surface area contributed by atoms with Crippen LogP contribution in [0.2, 0.25) is 5.02 Å². The minimum atomic E-state index is 0.346. The van der Waals surface area contributed by atoms with Crippen molar-refractivity contribution in [2.24, 2.45) is 0 Å². The van der Waals surface area contributed by atoms with E-state index in [0.717, 1.165) is 23.8 Å². The summed E-state index contributed by atoms with van der Waals surface area (Å²) in [4.78, 5) is 2.42. The number of nitrogens with one attached hydrogen (secondary N) is 1. The molecule has 0 spiro atoms. The smallest absolute Gasteiger partial charge is 0.0639 e. The van der Waals surface area contributed by atoms with Gasteiger partial charge < -0.3 is 10.2 Å². The van der Waals surface area contributed by atoms with Gasteiger partial charge in [-0.15, -0.1) is 0 Å². The van der Waals surface area contributed by atoms with E-state index >= 15 is 0 Å². The number of benzene rings is 2. The number of anilines is 1. The molecule has 2 unspecified atom stereocenters. The molecule has 1 saturated heterocycles. The number of aryl methyl sites for hydroxylation is 1. The molecule has 2 nitrogen and oxygen atoms in total. The molecule has 0 saturated carbocycles. The first-order valence-electron chi connectivity index (χ1n) is 7.46. The Hall–Kier alpha value is -1.51. The molecule has 0 radical (unpaired) electrons. The molecule has 1 aliphatic rings. The molecular weight excluding hydrogens is 280 g/mol. The van der Waals surface area contributed by atoms with E-state index in [0.29, 0.717) is 12.1 Å². The van der Waals surface area contributed by atoms with Crippen LogP contribution in [0.25, 0.3) is 0 Å². The van der Waals surface area contributed by atoms with Gasteiger partial charge in [0.15, 0.2) is 0 Å². The molecule has 1 heterocycles. The van der Waals surface area contributed by atoms with Gasteiger partial charge in [-0.3, -0.25) is 0 Å². The maximum absolute atomic E-state index is 6.43. The third-order valence-corrected chi connectivity index (χ3v) is 4.50. The zero-order valence-corrected chi connectivity index (χ0v) is 13.3. The van der Waals surface area contributed by atoms with Crippen LogP contribution in [0.1, 0.15) is 24.1 Å². The lowest BCUT2D eigenvalue weighted by Crippen LogP contribution is -2.51. The van der Waals surface area contributed by atoms with Gasteiger partial charge in [0.25, 0.3) is 0 Å². The molecule has 1 N–H and O–H groups in total. The first-order chi connectivity index (χ1) is 10.1. The fourth-order valence-electron chi connectivity index (χ4n) is 2.95. The van der Waals surface area contributed by atoms with Crippen molar-refractivity contribution in [1.82, 2.24) is 5.32 Å². The third-order valence-electron chi connectivity index (χ3n) is 4.18. The molecular formula is C18H21ClN2. The molecule has 0 amide bonds. The fourth-order valence-corrected chi connectivity index (χ4v) is 3.18. The Bertz CT molecular complexity index is 612. The summed E-state index contributed by atoms with van der Waals surface area (Å²) in [5.74, 6) is 0. The number of rotatable bonds is 2. The topological polar surface area (TPSA) is 15.3 Å². The van der Waals surface area contributed by atoms with Gasteiger partial charge in [-0.05, 0) is 37.1 Å². The minimum Gasteiger partial charge on any atom is -0.364 e. The maximum Gasteiger partial charge on any atom is 0.0639 e. The van der Waals surface area contributed by atoms with E-state index in [1.54, 1.807) is 0 Å². The average Bonchev–Trinajstić information content (AvgIpc) is 2.51. The molecule has 3 rings (SSSR count). The van der Waals surface area contributed by atoms with E-state index in [9.17, 15) is 0 Å². The zero-order chi connectivity index (χ0) is 14.8. The monoisotopic (exact) mass is 300 g/mol. The summed E-state index contributed by atoms with van der Waals surface area (Å²) in [5.41, 5.74) is 3.72. The van der Waals surface area contributed by atoms with E-state index < -0.39 is 0 Å². The van der Waals surface area contributed by atoms with Crippen LogP contribution in [0.4, 0.5) is 5.69 Å². The van der Waals surface area contributed by atoms with E-state index in [4.69, 9.17) is 11.6 Å². The standard InChI is InChI=1S/C18H21ClN2/c1-13-8-9-16(19)18(10-13)21-12-17(20-11-14(21)2)15-6-4-3-5-7-15/h3-10,14,17,20H,11-12H2,1-2H3. The summed E-state index contributed by atoms with van der Waals surface area (Å²) in [7, 11) is 0. The van der Waals surface area contributed by atoms with Gasteiger partial charge in [0.2, 0.25) is 0 Å². The van der Waals surface area contributed by atoms with E-state index in [-0.39, 0.29) is 0 Å². The molecule has 2 aromatic carbocycles. The van der Waals surface area contributed by atoms with Gasteiger partial charge in [0.1, 0.15) is 0 Å². The highest BCUT2D eigenvalue weighted by Gasteiger charge is 2.27. The quantitative estimate of drug-likeness (QED) is 0.895. The van der Waals surface area contributed by atoms with Crippen LogP contribution < -0.4 is 10.2 Å². The largest absolute Gasteiger partial charge is 0.364 e. The SMILES string of the molecule is Cc1ccc(Cl)c(N2CC(c3ccccc3)NCC2C)c1. The molecule has 1 aliphatic heterocycles. The Labute approximate surface area is 131 Å². The van der Waals surface area contributed by atoms with Crippen LogP contribution in [0, 0.1) is 6.92 Å².